The molecule has 0 saturated heterocycles. The van der Waals surface area contributed by atoms with Crippen LogP contribution in [-0.2, 0) is 38.0 Å². The van der Waals surface area contributed by atoms with E-state index in [-0.39, 0.29) is 19.8 Å². The van der Waals surface area contributed by atoms with Gasteiger partial charge in [0.25, 0.3) is 0 Å². The summed E-state index contributed by atoms with van der Waals surface area (Å²) < 4.78 is 71.2. The number of esters is 1. The lowest BCUT2D eigenvalue weighted by Gasteiger charge is -2.09. The molecule has 0 aliphatic rings. The fourth-order valence-corrected chi connectivity index (χ4v) is 1.93. The maximum atomic E-state index is 11.8. The van der Waals surface area contributed by atoms with Crippen molar-refractivity contribution in [1.82, 2.24) is 0 Å². The third kappa shape index (κ3) is 21.7. The molecule has 0 rings (SSSR count). The van der Waals surface area contributed by atoms with Gasteiger partial charge in [0.15, 0.2) is 0 Å². The van der Waals surface area contributed by atoms with Crippen molar-refractivity contribution in [2.45, 2.75) is 32.4 Å². The molecule has 0 aliphatic heterocycles. The van der Waals surface area contributed by atoms with Gasteiger partial charge in [0.1, 0.15) is 6.61 Å². The van der Waals surface area contributed by atoms with Crippen LogP contribution in [0.4, 0.5) is 13.2 Å². The van der Waals surface area contributed by atoms with E-state index in [1.54, 1.807) is 0 Å². The van der Waals surface area contributed by atoms with E-state index in [9.17, 15) is 18.0 Å². The zero-order chi connectivity index (χ0) is 22.3. The number of unbranched alkanes of at least 4 members (excludes halogenated alkanes) is 2. The number of hydrogen-bond acceptors (Lipinski definition) is 8. The third-order valence-corrected chi connectivity index (χ3v) is 3.44. The van der Waals surface area contributed by atoms with Crippen LogP contribution < -0.4 is 0 Å². The van der Waals surface area contributed by atoms with E-state index in [1.165, 1.54) is 12.8 Å². The number of carbonyl (C=O) groups is 1. The van der Waals surface area contributed by atoms with E-state index in [4.69, 9.17) is 28.4 Å². The van der Waals surface area contributed by atoms with Gasteiger partial charge in [-0.3, -0.25) is 0 Å². The lowest BCUT2D eigenvalue weighted by molar-refractivity contribution is -0.200. The predicted molar refractivity (Wildman–Crippen MR) is 101 cm³/mol. The van der Waals surface area contributed by atoms with Crippen LogP contribution in [0.1, 0.15) is 26.2 Å². The van der Waals surface area contributed by atoms with E-state index in [2.05, 4.69) is 11.7 Å². The Morgan fingerprint density at radius 3 is 1.23 bits per heavy atom. The molecule has 0 aromatic rings. The van der Waals surface area contributed by atoms with Crippen LogP contribution in [0.15, 0.2) is 0 Å². The highest BCUT2D eigenvalue weighted by Crippen LogP contribution is 2.16. The van der Waals surface area contributed by atoms with Gasteiger partial charge in [-0.05, 0) is 6.42 Å². The van der Waals surface area contributed by atoms with Gasteiger partial charge in [0, 0.05) is 6.61 Å². The van der Waals surface area contributed by atoms with Gasteiger partial charge < -0.3 is 33.2 Å². The maximum Gasteiger partial charge on any atom is 0.490 e. The molecule has 30 heavy (non-hydrogen) atoms. The molecule has 0 radical (unpaired) electrons. The summed E-state index contributed by atoms with van der Waals surface area (Å²) in [6, 6.07) is 0. The van der Waals surface area contributed by atoms with E-state index in [1.807, 2.05) is 0 Å². The van der Waals surface area contributed by atoms with Gasteiger partial charge in [-0.2, -0.15) is 13.2 Å². The second-order valence-electron chi connectivity index (χ2n) is 6.02. The molecule has 0 fully saturated rings. The lowest BCUT2D eigenvalue weighted by atomic mass is 10.3. The largest absolute Gasteiger partial charge is 0.490 e. The molecular formula is C19H35F3O8. The highest BCUT2D eigenvalue weighted by molar-refractivity contribution is 5.75. The van der Waals surface area contributed by atoms with Crippen LogP contribution >= 0.6 is 0 Å². The summed E-state index contributed by atoms with van der Waals surface area (Å²) >= 11 is 0. The molecule has 0 heterocycles. The Hall–Kier alpha value is -0.980. The molecule has 0 unspecified atom stereocenters. The Labute approximate surface area is 176 Å². The van der Waals surface area contributed by atoms with Crippen molar-refractivity contribution < 1.29 is 51.1 Å². The summed E-state index contributed by atoms with van der Waals surface area (Å²) in [7, 11) is 0. The van der Waals surface area contributed by atoms with Crippen molar-refractivity contribution in [3.63, 3.8) is 0 Å². The molecule has 0 bridgehead atoms. The molecule has 8 nitrogen and oxygen atoms in total. The fourth-order valence-electron chi connectivity index (χ4n) is 1.93. The first-order valence-electron chi connectivity index (χ1n) is 10.2. The highest BCUT2D eigenvalue weighted by atomic mass is 19.4. The summed E-state index contributed by atoms with van der Waals surface area (Å²) in [4.78, 5) is 10.4. The molecule has 0 amide bonds. The Bertz CT molecular complexity index is 383. The smallest absolute Gasteiger partial charge is 0.457 e. The van der Waals surface area contributed by atoms with E-state index < -0.39 is 18.8 Å². The Balaban J connectivity index is 3.09. The molecule has 0 aromatic heterocycles. The Morgan fingerprint density at radius 2 is 0.900 bits per heavy atom. The van der Waals surface area contributed by atoms with Crippen molar-refractivity contribution in [2.75, 3.05) is 85.9 Å². The second-order valence-corrected chi connectivity index (χ2v) is 6.02. The first-order chi connectivity index (χ1) is 14.5. The zero-order valence-corrected chi connectivity index (χ0v) is 17.7. The van der Waals surface area contributed by atoms with Crippen molar-refractivity contribution in [3.8, 4) is 0 Å². The molecule has 0 atom stereocenters. The van der Waals surface area contributed by atoms with Crippen LogP contribution in [0.25, 0.3) is 0 Å². The minimum Gasteiger partial charge on any atom is -0.457 e. The summed E-state index contributed by atoms with van der Waals surface area (Å²) in [5.41, 5.74) is 0. The molecule has 0 spiro atoms. The first-order valence-corrected chi connectivity index (χ1v) is 10.2. The predicted octanol–water partition coefficient (Wildman–Crippen LogP) is 2.38. The van der Waals surface area contributed by atoms with Crippen molar-refractivity contribution in [3.05, 3.63) is 0 Å². The van der Waals surface area contributed by atoms with Crippen LogP contribution in [0.3, 0.4) is 0 Å². The lowest BCUT2D eigenvalue weighted by Crippen LogP contribution is -2.26. The van der Waals surface area contributed by atoms with Gasteiger partial charge in [-0.1, -0.05) is 19.8 Å². The summed E-state index contributed by atoms with van der Waals surface area (Å²) in [6.07, 6.45) is -1.52. The standard InChI is InChI=1S/C19H35F3O8/c1-2-3-4-5-24-6-7-25-8-9-26-10-11-27-12-13-28-14-15-29-16-17-30-18(23)19(20,21)22/h2-17H2,1H3. The number of ether oxygens (including phenoxy) is 7. The summed E-state index contributed by atoms with van der Waals surface area (Å²) in [5.74, 6) is -2.22. The normalized spacial score (nSPS) is 11.7. The SMILES string of the molecule is CCCCCOCCOCCOCCOCCOCCOCCOC(=O)C(F)(F)F. The van der Waals surface area contributed by atoms with Gasteiger partial charge in [-0.25, -0.2) is 4.79 Å². The monoisotopic (exact) mass is 448 g/mol. The quantitative estimate of drug-likeness (QED) is 0.185. The number of hydrogen-bond donors (Lipinski definition) is 0. The molecule has 180 valence electrons. The summed E-state index contributed by atoms with van der Waals surface area (Å²) in [6.45, 7) is 6.58. The van der Waals surface area contributed by atoms with Crippen molar-refractivity contribution in [1.29, 1.82) is 0 Å². The Morgan fingerprint density at radius 1 is 0.567 bits per heavy atom. The third-order valence-electron chi connectivity index (χ3n) is 3.44. The second kappa shape index (κ2) is 21.3. The molecular weight excluding hydrogens is 413 g/mol. The molecule has 0 saturated carbocycles. The van der Waals surface area contributed by atoms with E-state index >= 15 is 0 Å². The number of carbonyl (C=O) groups excluding carboxylic acids is 1. The van der Waals surface area contributed by atoms with Gasteiger partial charge >= 0.3 is 12.1 Å². The first kappa shape index (κ1) is 29.0. The van der Waals surface area contributed by atoms with E-state index in [0.29, 0.717) is 52.9 Å². The van der Waals surface area contributed by atoms with Gasteiger partial charge in [0.2, 0.25) is 0 Å². The van der Waals surface area contributed by atoms with Crippen LogP contribution in [0, 0.1) is 0 Å². The van der Waals surface area contributed by atoms with Gasteiger partial charge in [0.05, 0.1) is 72.7 Å². The molecule has 0 aromatic carbocycles. The van der Waals surface area contributed by atoms with Crippen LogP contribution in [0.2, 0.25) is 0 Å². The molecule has 0 aliphatic carbocycles. The van der Waals surface area contributed by atoms with Crippen LogP contribution in [-0.4, -0.2) is 98.0 Å². The minimum atomic E-state index is -4.98. The molecule has 0 N–H and O–H groups in total. The van der Waals surface area contributed by atoms with Gasteiger partial charge in [-0.15, -0.1) is 0 Å². The average Bonchev–Trinajstić information content (AvgIpc) is 2.71. The fraction of sp³-hybridized carbons (Fsp3) is 0.947. The summed E-state index contributed by atoms with van der Waals surface area (Å²) in [5, 5.41) is 0. The highest BCUT2D eigenvalue weighted by Gasteiger charge is 2.40. The van der Waals surface area contributed by atoms with E-state index in [0.717, 1.165) is 13.0 Å². The zero-order valence-electron chi connectivity index (χ0n) is 17.7. The van der Waals surface area contributed by atoms with Crippen molar-refractivity contribution in [2.24, 2.45) is 0 Å². The minimum absolute atomic E-state index is 0.130. The number of rotatable bonds is 22. The maximum absolute atomic E-state index is 11.8. The molecule has 11 heteroatoms. The average molecular weight is 448 g/mol. The van der Waals surface area contributed by atoms with Crippen LogP contribution in [0.5, 0.6) is 0 Å². The van der Waals surface area contributed by atoms with Crippen molar-refractivity contribution >= 4 is 5.97 Å². The topological polar surface area (TPSA) is 81.7 Å². The number of alkyl halides is 3. The Kier molecular flexibility index (Phi) is 20.6. The number of halogens is 3.